The summed E-state index contributed by atoms with van der Waals surface area (Å²) in [6, 6.07) is 6.43. The zero-order valence-electron chi connectivity index (χ0n) is 12.7. The second-order valence-corrected chi connectivity index (χ2v) is 6.60. The van der Waals surface area contributed by atoms with Gasteiger partial charge in [0.05, 0.1) is 19.3 Å². The maximum atomic E-state index is 12.4. The van der Waals surface area contributed by atoms with E-state index in [1.807, 2.05) is 6.92 Å². The van der Waals surface area contributed by atoms with Gasteiger partial charge in [0.15, 0.2) is 0 Å². The minimum Gasteiger partial charge on any atom is -0.377 e. The quantitative estimate of drug-likeness (QED) is 0.838. The summed E-state index contributed by atoms with van der Waals surface area (Å²) in [5.74, 6) is -0.0723. The number of ether oxygens (including phenoxy) is 1. The van der Waals surface area contributed by atoms with Crippen molar-refractivity contribution in [2.45, 2.75) is 19.9 Å². The molecule has 22 heavy (non-hydrogen) atoms. The van der Waals surface area contributed by atoms with Crippen LogP contribution in [0.1, 0.15) is 24.2 Å². The third kappa shape index (κ3) is 4.19. The Bertz CT molecular complexity index is 615. The van der Waals surface area contributed by atoms with Gasteiger partial charge in [0.2, 0.25) is 0 Å². The van der Waals surface area contributed by atoms with Crippen LogP contribution < -0.4 is 9.44 Å². The molecule has 2 N–H and O–H groups in total. The molecule has 7 nitrogen and oxygen atoms in total. The fraction of sp³-hybridized carbons (Fsp3) is 0.500. The highest BCUT2D eigenvalue weighted by Gasteiger charge is 2.24. The van der Waals surface area contributed by atoms with Crippen LogP contribution in [0.4, 0.5) is 5.69 Å². The first-order chi connectivity index (χ1) is 10.4. The van der Waals surface area contributed by atoms with Crippen LogP contribution >= 0.6 is 0 Å². The summed E-state index contributed by atoms with van der Waals surface area (Å²) in [5.41, 5.74) is 0.938. The van der Waals surface area contributed by atoms with E-state index in [2.05, 4.69) is 9.44 Å². The van der Waals surface area contributed by atoms with Crippen molar-refractivity contribution < 1.29 is 17.9 Å². The maximum Gasteiger partial charge on any atom is 0.299 e. The molecule has 0 aromatic heterocycles. The van der Waals surface area contributed by atoms with Crippen molar-refractivity contribution in [2.75, 3.05) is 31.0 Å². The van der Waals surface area contributed by atoms with Crippen LogP contribution in [0, 0.1) is 0 Å². The highest BCUT2D eigenvalue weighted by molar-refractivity contribution is 7.90. The van der Waals surface area contributed by atoms with Gasteiger partial charge < -0.3 is 9.64 Å². The lowest BCUT2D eigenvalue weighted by molar-refractivity contribution is 0.00359. The number of nitrogens with one attached hydrogen (secondary N) is 2. The van der Waals surface area contributed by atoms with E-state index >= 15 is 0 Å². The number of carbonyl (C=O) groups excluding carboxylic acids is 1. The van der Waals surface area contributed by atoms with Crippen LogP contribution in [0.3, 0.4) is 0 Å². The van der Waals surface area contributed by atoms with E-state index in [1.54, 1.807) is 36.1 Å². The molecule has 1 amide bonds. The minimum absolute atomic E-state index is 0.0354. The van der Waals surface area contributed by atoms with Gasteiger partial charge in [-0.15, -0.1) is 0 Å². The zero-order chi connectivity index (χ0) is 16.2. The fourth-order valence-corrected chi connectivity index (χ4v) is 3.16. The second-order valence-electron chi connectivity index (χ2n) is 5.10. The Labute approximate surface area is 130 Å². The predicted molar refractivity (Wildman–Crippen MR) is 84.0 cm³/mol. The number of hydrogen-bond donors (Lipinski definition) is 2. The Hall–Kier alpha value is -1.64. The number of amides is 1. The topological polar surface area (TPSA) is 87.7 Å². The lowest BCUT2D eigenvalue weighted by atomic mass is 10.1. The Kier molecular flexibility index (Phi) is 5.38. The van der Waals surface area contributed by atoms with Gasteiger partial charge in [0.25, 0.3) is 16.1 Å². The number of carbonyl (C=O) groups is 1. The first-order valence-corrected chi connectivity index (χ1v) is 8.67. The van der Waals surface area contributed by atoms with Crippen molar-refractivity contribution in [1.82, 2.24) is 9.62 Å². The van der Waals surface area contributed by atoms with E-state index in [4.69, 9.17) is 4.74 Å². The molecule has 0 saturated carbocycles. The van der Waals surface area contributed by atoms with Gasteiger partial charge in [-0.1, -0.05) is 6.92 Å². The maximum absolute atomic E-state index is 12.4. The predicted octanol–water partition coefficient (Wildman–Crippen LogP) is 0.814. The molecular weight excluding hydrogens is 306 g/mol. The average Bonchev–Trinajstić information content (AvgIpc) is 2.47. The Morgan fingerprint density at radius 3 is 2.64 bits per heavy atom. The standard InChI is InChI=1S/C14H21N3O4S/c1-3-15-22(19,20)16-13-6-4-12(5-7-13)14(18)17-8-9-21-10-11(17)2/h4-7,11,15-16H,3,8-10H2,1-2H3. The van der Waals surface area contributed by atoms with Crippen molar-refractivity contribution in [3.8, 4) is 0 Å². The lowest BCUT2D eigenvalue weighted by Gasteiger charge is -2.33. The number of rotatable bonds is 5. The number of morpholine rings is 1. The monoisotopic (exact) mass is 327 g/mol. The van der Waals surface area contributed by atoms with Gasteiger partial charge in [-0.05, 0) is 31.2 Å². The molecule has 0 aliphatic carbocycles. The highest BCUT2D eigenvalue weighted by atomic mass is 32.2. The summed E-state index contributed by atoms with van der Waals surface area (Å²) in [5, 5.41) is 0. The molecule has 0 bridgehead atoms. The normalized spacial score (nSPS) is 19.0. The number of anilines is 1. The SMILES string of the molecule is CCNS(=O)(=O)Nc1ccc(C(=O)N2CCOCC2C)cc1. The van der Waals surface area contributed by atoms with Crippen LogP contribution in [0.15, 0.2) is 24.3 Å². The first kappa shape index (κ1) is 16.7. The van der Waals surface area contributed by atoms with Crippen molar-refractivity contribution in [3.63, 3.8) is 0 Å². The average molecular weight is 327 g/mol. The molecule has 122 valence electrons. The molecule has 0 spiro atoms. The minimum atomic E-state index is -3.56. The number of nitrogens with zero attached hydrogens (tertiary/aromatic N) is 1. The summed E-state index contributed by atoms with van der Waals surface area (Å²) in [7, 11) is -3.56. The molecule has 1 aromatic carbocycles. The molecule has 1 atom stereocenters. The van der Waals surface area contributed by atoms with Crippen molar-refractivity contribution in [3.05, 3.63) is 29.8 Å². The lowest BCUT2D eigenvalue weighted by Crippen LogP contribution is -2.47. The van der Waals surface area contributed by atoms with Crippen molar-refractivity contribution in [1.29, 1.82) is 0 Å². The van der Waals surface area contributed by atoms with E-state index in [0.717, 1.165) is 0 Å². The fourth-order valence-electron chi connectivity index (χ4n) is 2.26. The first-order valence-electron chi connectivity index (χ1n) is 7.19. The van der Waals surface area contributed by atoms with Gasteiger partial charge in [-0.2, -0.15) is 13.1 Å². The molecule has 1 unspecified atom stereocenters. The molecule has 1 aliphatic rings. The Balaban J connectivity index is 2.06. The van der Waals surface area contributed by atoms with Crippen LogP contribution in [-0.2, 0) is 14.9 Å². The molecule has 2 rings (SSSR count). The van der Waals surface area contributed by atoms with Crippen molar-refractivity contribution in [2.24, 2.45) is 0 Å². The summed E-state index contributed by atoms with van der Waals surface area (Å²) in [6.07, 6.45) is 0. The van der Waals surface area contributed by atoms with Gasteiger partial charge in [0, 0.05) is 24.3 Å². The molecule has 1 heterocycles. The van der Waals surface area contributed by atoms with Gasteiger partial charge >= 0.3 is 0 Å². The number of benzene rings is 1. The molecule has 1 fully saturated rings. The van der Waals surface area contributed by atoms with E-state index in [9.17, 15) is 13.2 Å². The Morgan fingerprint density at radius 2 is 2.05 bits per heavy atom. The van der Waals surface area contributed by atoms with E-state index in [1.165, 1.54) is 0 Å². The largest absolute Gasteiger partial charge is 0.377 e. The molecule has 8 heteroatoms. The molecular formula is C14H21N3O4S. The van der Waals surface area contributed by atoms with E-state index in [0.29, 0.717) is 37.6 Å². The summed E-state index contributed by atoms with van der Waals surface area (Å²) in [6.45, 7) is 5.58. The van der Waals surface area contributed by atoms with Crippen molar-refractivity contribution >= 4 is 21.8 Å². The molecule has 0 radical (unpaired) electrons. The third-order valence-corrected chi connectivity index (χ3v) is 4.52. The molecule has 1 saturated heterocycles. The smallest absolute Gasteiger partial charge is 0.299 e. The van der Waals surface area contributed by atoms with Gasteiger partial charge in [0.1, 0.15) is 0 Å². The van der Waals surface area contributed by atoms with E-state index < -0.39 is 10.2 Å². The van der Waals surface area contributed by atoms with Gasteiger partial charge in [-0.3, -0.25) is 9.52 Å². The van der Waals surface area contributed by atoms with Crippen LogP contribution in [0.5, 0.6) is 0 Å². The molecule has 1 aromatic rings. The zero-order valence-corrected chi connectivity index (χ0v) is 13.5. The highest BCUT2D eigenvalue weighted by Crippen LogP contribution is 2.15. The van der Waals surface area contributed by atoms with E-state index in [-0.39, 0.29) is 11.9 Å². The van der Waals surface area contributed by atoms with Crippen LogP contribution in [-0.4, -0.2) is 51.6 Å². The summed E-state index contributed by atoms with van der Waals surface area (Å²) in [4.78, 5) is 14.2. The number of hydrogen-bond acceptors (Lipinski definition) is 4. The third-order valence-electron chi connectivity index (χ3n) is 3.35. The Morgan fingerprint density at radius 1 is 1.36 bits per heavy atom. The van der Waals surface area contributed by atoms with Gasteiger partial charge in [-0.25, -0.2) is 0 Å². The summed E-state index contributed by atoms with van der Waals surface area (Å²) >= 11 is 0. The van der Waals surface area contributed by atoms with Crippen LogP contribution in [0.25, 0.3) is 0 Å². The summed E-state index contributed by atoms with van der Waals surface area (Å²) < 4.78 is 33.2. The van der Waals surface area contributed by atoms with Crippen LogP contribution in [0.2, 0.25) is 0 Å². The molecule has 1 aliphatic heterocycles. The second kappa shape index (κ2) is 7.08.